The summed E-state index contributed by atoms with van der Waals surface area (Å²) >= 11 is 1.64. The third kappa shape index (κ3) is 3.30. The molecule has 3 aromatic carbocycles. The molecule has 0 aliphatic rings. The van der Waals surface area contributed by atoms with Crippen molar-refractivity contribution in [3.05, 3.63) is 90.0 Å². The number of benzene rings is 3. The fourth-order valence-electron chi connectivity index (χ4n) is 2.88. The van der Waals surface area contributed by atoms with E-state index in [9.17, 15) is 0 Å². The van der Waals surface area contributed by atoms with Gasteiger partial charge in [-0.1, -0.05) is 78.5 Å². The fourth-order valence-corrected chi connectivity index (χ4v) is 3.79. The molecule has 0 aliphatic carbocycles. The molecule has 0 aliphatic heterocycles. The molecule has 0 spiro atoms. The van der Waals surface area contributed by atoms with E-state index in [4.69, 9.17) is 5.26 Å². The highest BCUT2D eigenvalue weighted by Gasteiger charge is 2.11. The average Bonchev–Trinajstić information content (AvgIpc) is 2.72. The molecule has 0 unspecified atom stereocenters. The molecule has 0 N–H and O–H groups in total. The highest BCUT2D eigenvalue weighted by atomic mass is 32.2. The second kappa shape index (κ2) is 7.38. The molecular weight excluding hydrogens is 338 g/mol. The lowest BCUT2D eigenvalue weighted by molar-refractivity contribution is 0.961. The van der Waals surface area contributed by atoms with Gasteiger partial charge in [-0.05, 0) is 17.7 Å². The van der Waals surface area contributed by atoms with E-state index in [1.807, 2.05) is 54.6 Å². The van der Waals surface area contributed by atoms with Crippen molar-refractivity contribution in [1.29, 1.82) is 5.26 Å². The molecular formula is C22H15N3S. The minimum Gasteiger partial charge on any atom is -0.192 e. The van der Waals surface area contributed by atoms with E-state index in [1.165, 1.54) is 0 Å². The summed E-state index contributed by atoms with van der Waals surface area (Å²) in [6.45, 7) is 0. The van der Waals surface area contributed by atoms with Gasteiger partial charge in [-0.15, -0.1) is 10.2 Å². The van der Waals surface area contributed by atoms with Gasteiger partial charge < -0.3 is 0 Å². The quantitative estimate of drug-likeness (QED) is 0.457. The summed E-state index contributed by atoms with van der Waals surface area (Å²) < 4.78 is 0. The summed E-state index contributed by atoms with van der Waals surface area (Å²) in [4.78, 5) is 0. The number of thioether (sulfide) groups is 1. The van der Waals surface area contributed by atoms with Gasteiger partial charge in [0.15, 0.2) is 0 Å². The van der Waals surface area contributed by atoms with Crippen LogP contribution in [0.3, 0.4) is 0 Å². The zero-order chi connectivity index (χ0) is 17.8. The van der Waals surface area contributed by atoms with Gasteiger partial charge in [0.05, 0.1) is 11.6 Å². The highest BCUT2D eigenvalue weighted by molar-refractivity contribution is 7.98. The van der Waals surface area contributed by atoms with Gasteiger partial charge in [0.25, 0.3) is 0 Å². The molecule has 0 fully saturated rings. The molecule has 1 aromatic heterocycles. The zero-order valence-electron chi connectivity index (χ0n) is 14.0. The molecule has 0 saturated carbocycles. The Morgan fingerprint density at radius 2 is 1.58 bits per heavy atom. The summed E-state index contributed by atoms with van der Waals surface area (Å²) in [6.07, 6.45) is 0. The smallest absolute Gasteiger partial charge is 0.127 e. The molecule has 0 bridgehead atoms. The topological polar surface area (TPSA) is 49.6 Å². The van der Waals surface area contributed by atoms with Gasteiger partial charge in [0, 0.05) is 22.1 Å². The fraction of sp³-hybridized carbons (Fsp3) is 0.0455. The van der Waals surface area contributed by atoms with Crippen LogP contribution in [0.25, 0.3) is 22.0 Å². The molecule has 4 heteroatoms. The lowest BCUT2D eigenvalue weighted by Gasteiger charge is -2.09. The number of hydrogen-bond acceptors (Lipinski definition) is 4. The normalized spacial score (nSPS) is 10.6. The van der Waals surface area contributed by atoms with E-state index in [1.54, 1.807) is 11.8 Å². The Morgan fingerprint density at radius 3 is 2.38 bits per heavy atom. The maximum absolute atomic E-state index is 9.05. The zero-order valence-corrected chi connectivity index (χ0v) is 14.8. The Balaban J connectivity index is 1.70. The minimum atomic E-state index is 0.679. The summed E-state index contributed by atoms with van der Waals surface area (Å²) in [5, 5.41) is 21.1. The first kappa shape index (κ1) is 16.3. The van der Waals surface area contributed by atoms with Gasteiger partial charge in [0.2, 0.25) is 0 Å². The van der Waals surface area contributed by atoms with Crippen LogP contribution >= 0.6 is 11.8 Å². The number of fused-ring (bicyclic) bond motifs is 1. The average molecular weight is 353 g/mol. The van der Waals surface area contributed by atoms with E-state index < -0.39 is 0 Å². The van der Waals surface area contributed by atoms with E-state index >= 15 is 0 Å². The van der Waals surface area contributed by atoms with Crippen LogP contribution in [-0.4, -0.2) is 10.2 Å². The van der Waals surface area contributed by atoms with Gasteiger partial charge in [-0.2, -0.15) is 5.26 Å². The van der Waals surface area contributed by atoms with Crippen LogP contribution in [0.4, 0.5) is 0 Å². The molecule has 3 nitrogen and oxygen atoms in total. The Hall–Kier alpha value is -3.16. The molecule has 0 saturated heterocycles. The van der Waals surface area contributed by atoms with Crippen LogP contribution in [0, 0.1) is 11.3 Å². The van der Waals surface area contributed by atoms with Crippen LogP contribution in [-0.2, 0) is 5.75 Å². The molecule has 1 heterocycles. The summed E-state index contributed by atoms with van der Waals surface area (Å²) in [7, 11) is 0. The second-order valence-electron chi connectivity index (χ2n) is 5.87. The van der Waals surface area contributed by atoms with Crippen molar-refractivity contribution < 1.29 is 0 Å². The molecule has 0 amide bonds. The van der Waals surface area contributed by atoms with Gasteiger partial charge in [-0.3, -0.25) is 0 Å². The Bertz CT molecular complexity index is 1100. The Morgan fingerprint density at radius 1 is 0.808 bits per heavy atom. The molecule has 0 atom stereocenters. The van der Waals surface area contributed by atoms with Crippen LogP contribution in [0.15, 0.2) is 83.9 Å². The third-order valence-corrected chi connectivity index (χ3v) is 5.18. The van der Waals surface area contributed by atoms with Crippen molar-refractivity contribution in [2.75, 3.05) is 0 Å². The van der Waals surface area contributed by atoms with E-state index in [0.29, 0.717) is 5.56 Å². The van der Waals surface area contributed by atoms with Crippen LogP contribution in [0.5, 0.6) is 0 Å². The predicted molar refractivity (Wildman–Crippen MR) is 106 cm³/mol. The highest BCUT2D eigenvalue weighted by Crippen LogP contribution is 2.32. The first-order valence-electron chi connectivity index (χ1n) is 8.28. The van der Waals surface area contributed by atoms with Gasteiger partial charge in [-0.25, -0.2) is 0 Å². The van der Waals surface area contributed by atoms with Crippen molar-refractivity contribution in [1.82, 2.24) is 10.2 Å². The van der Waals surface area contributed by atoms with Gasteiger partial charge in [0.1, 0.15) is 10.7 Å². The van der Waals surface area contributed by atoms with E-state index in [2.05, 4.69) is 40.5 Å². The third-order valence-electron chi connectivity index (χ3n) is 4.13. The Kier molecular flexibility index (Phi) is 4.63. The predicted octanol–water partition coefficient (Wildman–Crippen LogP) is 5.46. The maximum Gasteiger partial charge on any atom is 0.127 e. The molecule has 124 valence electrons. The maximum atomic E-state index is 9.05. The lowest BCUT2D eigenvalue weighted by Crippen LogP contribution is -1.94. The number of nitriles is 1. The number of rotatable bonds is 4. The van der Waals surface area contributed by atoms with Crippen molar-refractivity contribution in [3.63, 3.8) is 0 Å². The van der Waals surface area contributed by atoms with Crippen LogP contribution in [0.2, 0.25) is 0 Å². The van der Waals surface area contributed by atoms with Crippen molar-refractivity contribution >= 4 is 22.5 Å². The summed E-state index contributed by atoms with van der Waals surface area (Å²) in [5.74, 6) is 0.749. The SMILES string of the molecule is N#Cc1cccc(CSc2nnc(-c3ccccc3)c3ccccc23)c1. The molecule has 0 radical (unpaired) electrons. The second-order valence-corrected chi connectivity index (χ2v) is 6.83. The number of hydrogen-bond donors (Lipinski definition) is 0. The van der Waals surface area contributed by atoms with E-state index in [-0.39, 0.29) is 0 Å². The molecule has 4 aromatic rings. The monoisotopic (exact) mass is 353 g/mol. The van der Waals surface area contributed by atoms with Crippen molar-refractivity contribution in [3.8, 4) is 17.3 Å². The molecule has 26 heavy (non-hydrogen) atoms. The van der Waals surface area contributed by atoms with Gasteiger partial charge >= 0.3 is 0 Å². The lowest BCUT2D eigenvalue weighted by atomic mass is 10.1. The summed E-state index contributed by atoms with van der Waals surface area (Å²) in [5.41, 5.74) is 3.75. The summed E-state index contributed by atoms with van der Waals surface area (Å²) in [6, 6.07) is 28.2. The number of aromatic nitrogens is 2. The number of nitrogens with zero attached hydrogens (tertiary/aromatic N) is 3. The molecule has 4 rings (SSSR count). The minimum absolute atomic E-state index is 0.679. The van der Waals surface area contributed by atoms with Crippen LogP contribution in [0.1, 0.15) is 11.1 Å². The van der Waals surface area contributed by atoms with Crippen LogP contribution < -0.4 is 0 Å². The van der Waals surface area contributed by atoms with E-state index in [0.717, 1.165) is 38.4 Å². The largest absolute Gasteiger partial charge is 0.192 e. The van der Waals surface area contributed by atoms with Crippen molar-refractivity contribution in [2.45, 2.75) is 10.8 Å². The first-order valence-corrected chi connectivity index (χ1v) is 9.26. The Labute approximate surface area is 156 Å². The van der Waals surface area contributed by atoms with Crippen molar-refractivity contribution in [2.24, 2.45) is 0 Å². The standard InChI is InChI=1S/C22H15N3S/c23-14-16-7-6-8-17(13-16)15-26-22-20-12-5-4-11-19(20)21(24-25-22)18-9-2-1-3-10-18/h1-13H,15H2. The first-order chi connectivity index (χ1) is 12.8.